The molecule has 0 amide bonds. The van der Waals surface area contributed by atoms with Gasteiger partial charge in [-0.25, -0.2) is 0 Å². The molecule has 4 aromatic rings. The molecule has 4 rings (SSSR count). The fourth-order valence-electron chi connectivity index (χ4n) is 2.39. The summed E-state index contributed by atoms with van der Waals surface area (Å²) in [5, 5.41) is 5.32. The summed E-state index contributed by atoms with van der Waals surface area (Å²) in [5.41, 5.74) is 1.13. The number of fused-ring (bicyclic) bond motifs is 2. The van der Waals surface area contributed by atoms with E-state index in [2.05, 4.69) is 105 Å². The maximum absolute atomic E-state index is 3.77. The van der Waals surface area contributed by atoms with Gasteiger partial charge in [-0.15, -0.1) is 47.9 Å². The van der Waals surface area contributed by atoms with Crippen LogP contribution in [0, 0.1) is 19.8 Å². The van der Waals surface area contributed by atoms with Gasteiger partial charge < -0.3 is 67.1 Å². The molecular weight excluding hydrogens is 391 g/mol. The molecule has 0 aliphatic heterocycles. The van der Waals surface area contributed by atoms with Crippen LogP contribution in [0.4, 0.5) is 0 Å². The second-order valence-corrected chi connectivity index (χ2v) is 6.12. The second-order valence-electron chi connectivity index (χ2n) is 6.12. The third kappa shape index (κ3) is 6.89. The van der Waals surface area contributed by atoms with Crippen molar-refractivity contribution in [3.8, 4) is 0 Å². The summed E-state index contributed by atoms with van der Waals surface area (Å²) in [7, 11) is 0. The Bertz CT molecular complexity index is 766. The largest absolute Gasteiger partial charge is 0.642 e. The number of rotatable bonds is 2. The van der Waals surface area contributed by atoms with Gasteiger partial charge >= 0.3 is 0 Å². The first-order valence-corrected chi connectivity index (χ1v) is 8.62. The topological polar surface area (TPSA) is 0 Å². The van der Waals surface area contributed by atoms with Crippen molar-refractivity contribution in [1.82, 2.24) is 0 Å². The number of benzene rings is 2. The van der Waals surface area contributed by atoms with E-state index in [0.29, 0.717) is 5.92 Å². The molecule has 4 aromatic carbocycles. The van der Waals surface area contributed by atoms with Crippen LogP contribution in [0.15, 0.2) is 97.1 Å². The van der Waals surface area contributed by atoms with Crippen LogP contribution in [0.1, 0.15) is 13.3 Å². The summed E-state index contributed by atoms with van der Waals surface area (Å²) in [6.45, 7) is 13.2. The van der Waals surface area contributed by atoms with Crippen molar-refractivity contribution in [1.29, 1.82) is 0 Å². The Balaban J connectivity index is 0.000000194. The van der Waals surface area contributed by atoms with E-state index in [1.54, 1.807) is 0 Å². The van der Waals surface area contributed by atoms with Crippen LogP contribution < -0.4 is 0 Å². The van der Waals surface area contributed by atoms with E-state index in [9.17, 15) is 0 Å². The average Bonchev–Trinajstić information content (AvgIpc) is 3.30. The predicted octanol–water partition coefficient (Wildman–Crippen LogP) is 7.35. The van der Waals surface area contributed by atoms with Gasteiger partial charge in [0, 0.05) is 26.2 Å². The molecule has 0 saturated heterocycles. The van der Waals surface area contributed by atoms with Gasteiger partial charge in [-0.05, 0) is 0 Å². The Morgan fingerprint density at radius 3 is 2.04 bits per heavy atom. The molecule has 0 N–H and O–H groups in total. The number of hydrogen-bond acceptors (Lipinski definition) is 0. The molecular formula is C25H26Zr-8. The molecule has 1 atom stereocenters. The molecule has 0 spiro atoms. The number of hydrogen-bond donors (Lipinski definition) is 0. The van der Waals surface area contributed by atoms with Gasteiger partial charge in [0.05, 0.1) is 0 Å². The molecule has 1 unspecified atom stereocenters. The smallest absolute Gasteiger partial charge is 0 e. The van der Waals surface area contributed by atoms with Crippen LogP contribution in [0.5, 0.6) is 0 Å². The minimum atomic E-state index is 0. The van der Waals surface area contributed by atoms with Gasteiger partial charge in [-0.1, -0.05) is 12.3 Å². The fraction of sp³-hybridized carbons (Fsp3) is 0.120. The molecule has 0 fully saturated rings. The van der Waals surface area contributed by atoms with Crippen molar-refractivity contribution < 1.29 is 26.2 Å². The minimum Gasteiger partial charge on any atom is -0.642 e. The maximum atomic E-state index is 3.77. The van der Waals surface area contributed by atoms with E-state index in [4.69, 9.17) is 0 Å². The average molecular weight is 418 g/mol. The SMILES string of the molecule is C=C(C[CH2-])C([CH2-])C.[Zr].c1cc[c-]2[cH-][cH-][cH-][c-]2c1.c1cc[c-]2cccc2c1. The first-order valence-electron chi connectivity index (χ1n) is 8.62. The third-order valence-electron chi connectivity index (χ3n) is 4.11. The van der Waals surface area contributed by atoms with Gasteiger partial charge in [0.2, 0.25) is 0 Å². The van der Waals surface area contributed by atoms with E-state index in [-0.39, 0.29) is 26.2 Å². The second kappa shape index (κ2) is 11.8. The van der Waals surface area contributed by atoms with Crippen molar-refractivity contribution >= 4 is 21.5 Å². The van der Waals surface area contributed by atoms with Crippen molar-refractivity contribution in [3.63, 3.8) is 0 Å². The number of allylic oxidation sites excluding steroid dienone is 1. The zero-order valence-electron chi connectivity index (χ0n) is 15.5. The maximum Gasteiger partial charge on any atom is 0 e. The van der Waals surface area contributed by atoms with E-state index in [1.165, 1.54) is 21.5 Å². The van der Waals surface area contributed by atoms with Gasteiger partial charge in [-0.3, -0.25) is 0 Å². The van der Waals surface area contributed by atoms with E-state index >= 15 is 0 Å². The Labute approximate surface area is 177 Å². The molecule has 138 valence electrons. The van der Waals surface area contributed by atoms with Crippen LogP contribution in [-0.2, 0) is 26.2 Å². The predicted molar refractivity (Wildman–Crippen MR) is 113 cm³/mol. The van der Waals surface area contributed by atoms with Gasteiger partial charge in [0.1, 0.15) is 0 Å². The molecule has 0 aliphatic carbocycles. The van der Waals surface area contributed by atoms with Gasteiger partial charge in [0.25, 0.3) is 0 Å². The fourth-order valence-corrected chi connectivity index (χ4v) is 2.39. The molecule has 26 heavy (non-hydrogen) atoms. The van der Waals surface area contributed by atoms with Crippen LogP contribution >= 0.6 is 0 Å². The Kier molecular flexibility index (Phi) is 10.1. The Morgan fingerprint density at radius 1 is 1.00 bits per heavy atom. The standard InChI is InChI=1S/2C9H7.C7H12.Zr/c2*1-2-5-9-7-3-6-8(9)4-1;1-5-7(4)6(2)3;/h2*1-7H;6H,1-2,4-5H2,3H3;/q-5;-1;-2;. The third-order valence-corrected chi connectivity index (χ3v) is 4.11. The van der Waals surface area contributed by atoms with Crippen molar-refractivity contribution in [2.24, 2.45) is 5.92 Å². The first kappa shape index (κ1) is 22.3. The summed E-state index contributed by atoms with van der Waals surface area (Å²) < 4.78 is 0. The molecule has 0 radical (unpaired) electrons. The van der Waals surface area contributed by atoms with E-state index in [1.807, 2.05) is 6.92 Å². The van der Waals surface area contributed by atoms with Gasteiger partial charge in [-0.2, -0.15) is 24.5 Å². The zero-order chi connectivity index (χ0) is 18.1. The van der Waals surface area contributed by atoms with Crippen LogP contribution in [0.25, 0.3) is 21.5 Å². The quantitative estimate of drug-likeness (QED) is 0.236. The molecule has 1 heteroatoms. The summed E-state index contributed by atoms with van der Waals surface area (Å²) in [5.74, 6) is 0.359. The van der Waals surface area contributed by atoms with Crippen molar-refractivity contribution in [2.75, 3.05) is 0 Å². The summed E-state index contributed by atoms with van der Waals surface area (Å²) in [6.07, 6.45) is 0.810. The molecule has 0 aromatic heterocycles. The van der Waals surface area contributed by atoms with Crippen LogP contribution in [0.2, 0.25) is 0 Å². The zero-order valence-corrected chi connectivity index (χ0v) is 17.9. The van der Waals surface area contributed by atoms with Crippen molar-refractivity contribution in [2.45, 2.75) is 13.3 Å². The van der Waals surface area contributed by atoms with E-state index < -0.39 is 0 Å². The molecule has 0 heterocycles. The van der Waals surface area contributed by atoms with E-state index in [0.717, 1.165) is 12.0 Å². The summed E-state index contributed by atoms with van der Waals surface area (Å²) in [6, 6.07) is 29.3. The van der Waals surface area contributed by atoms with Gasteiger partial charge in [0.15, 0.2) is 0 Å². The molecule has 0 aliphatic rings. The minimum absolute atomic E-state index is 0. The monoisotopic (exact) mass is 416 g/mol. The summed E-state index contributed by atoms with van der Waals surface area (Å²) in [4.78, 5) is 0. The Hall–Kier alpha value is -1.72. The normalized spacial score (nSPS) is 10.7. The summed E-state index contributed by atoms with van der Waals surface area (Å²) >= 11 is 0. The Morgan fingerprint density at radius 2 is 1.54 bits per heavy atom. The van der Waals surface area contributed by atoms with Crippen molar-refractivity contribution in [3.05, 3.63) is 111 Å². The molecule has 0 saturated carbocycles. The molecule has 0 bridgehead atoms. The van der Waals surface area contributed by atoms with Crippen LogP contribution in [0.3, 0.4) is 0 Å². The first-order chi connectivity index (χ1) is 12.1. The molecule has 0 nitrogen and oxygen atoms in total. The van der Waals surface area contributed by atoms with Crippen LogP contribution in [-0.4, -0.2) is 0 Å².